The van der Waals surface area contributed by atoms with E-state index in [1.807, 2.05) is 31.2 Å². The van der Waals surface area contributed by atoms with Crippen molar-refractivity contribution in [3.05, 3.63) is 35.4 Å². The molecule has 1 aromatic rings. The number of rotatable bonds is 5. The van der Waals surface area contributed by atoms with E-state index in [9.17, 15) is 4.79 Å². The predicted octanol–water partition coefficient (Wildman–Crippen LogP) is 1.72. The fraction of sp³-hybridized carbons (Fsp3) is 0.385. The van der Waals surface area contributed by atoms with E-state index in [2.05, 4.69) is 5.32 Å². The first-order valence-electron chi connectivity index (χ1n) is 5.64. The van der Waals surface area contributed by atoms with Gasteiger partial charge in [0.25, 0.3) is 0 Å². The van der Waals surface area contributed by atoms with Crippen molar-refractivity contribution in [2.75, 3.05) is 0 Å². The van der Waals surface area contributed by atoms with Crippen LogP contribution < -0.4 is 11.1 Å². The highest BCUT2D eigenvalue weighted by molar-refractivity contribution is 7.80. The van der Waals surface area contributed by atoms with Crippen LogP contribution in [0.25, 0.3) is 0 Å². The van der Waals surface area contributed by atoms with Crippen molar-refractivity contribution >= 4 is 23.1 Å². The first-order chi connectivity index (χ1) is 8.00. The third-order valence-electron chi connectivity index (χ3n) is 2.69. The summed E-state index contributed by atoms with van der Waals surface area (Å²) in [6.07, 6.45) is 1.19. The van der Waals surface area contributed by atoms with E-state index >= 15 is 0 Å². The molecule has 0 saturated carbocycles. The van der Waals surface area contributed by atoms with Gasteiger partial charge in [0.1, 0.15) is 0 Å². The Labute approximate surface area is 107 Å². The second-order valence-corrected chi connectivity index (χ2v) is 4.59. The highest BCUT2D eigenvalue weighted by Gasteiger charge is 2.09. The van der Waals surface area contributed by atoms with Gasteiger partial charge in [-0.25, -0.2) is 0 Å². The van der Waals surface area contributed by atoms with Gasteiger partial charge in [-0.05, 0) is 31.4 Å². The molecule has 1 rings (SSSR count). The molecular formula is C13H18N2OS. The molecule has 17 heavy (non-hydrogen) atoms. The Morgan fingerprint density at radius 3 is 2.71 bits per heavy atom. The topological polar surface area (TPSA) is 55.1 Å². The molecule has 0 bridgehead atoms. The van der Waals surface area contributed by atoms with Crippen molar-refractivity contribution < 1.29 is 4.79 Å². The van der Waals surface area contributed by atoms with Crippen molar-refractivity contribution in [2.24, 2.45) is 5.73 Å². The van der Waals surface area contributed by atoms with Gasteiger partial charge < -0.3 is 11.1 Å². The Hall–Kier alpha value is -1.42. The molecule has 92 valence electrons. The summed E-state index contributed by atoms with van der Waals surface area (Å²) in [4.78, 5) is 11.9. The molecule has 0 aliphatic rings. The van der Waals surface area contributed by atoms with Gasteiger partial charge in [0.05, 0.1) is 11.0 Å². The Kier molecular flexibility index (Phi) is 5.10. The number of thiocarbonyl (C=S) groups is 1. The number of nitrogens with two attached hydrogens (primary N) is 1. The Bertz CT molecular complexity index is 418. The van der Waals surface area contributed by atoms with Crippen LogP contribution in [0.2, 0.25) is 0 Å². The molecule has 0 heterocycles. The lowest BCUT2D eigenvalue weighted by Gasteiger charge is -2.12. The van der Waals surface area contributed by atoms with Crippen molar-refractivity contribution in [2.45, 2.75) is 32.7 Å². The lowest BCUT2D eigenvalue weighted by atomic mass is 10.0. The Morgan fingerprint density at radius 2 is 2.12 bits per heavy atom. The van der Waals surface area contributed by atoms with E-state index in [1.54, 1.807) is 6.92 Å². The zero-order valence-electron chi connectivity index (χ0n) is 10.2. The molecule has 1 amide bonds. The number of amides is 1. The molecule has 0 saturated heterocycles. The van der Waals surface area contributed by atoms with Crippen LogP contribution in [0.3, 0.4) is 0 Å². The van der Waals surface area contributed by atoms with Crippen molar-refractivity contribution in [3.8, 4) is 0 Å². The second kappa shape index (κ2) is 6.35. The number of nitrogens with one attached hydrogen (secondary N) is 1. The van der Waals surface area contributed by atoms with E-state index in [-0.39, 0.29) is 11.9 Å². The first kappa shape index (κ1) is 13.6. The minimum atomic E-state index is -0.241. The summed E-state index contributed by atoms with van der Waals surface area (Å²) < 4.78 is 0. The highest BCUT2D eigenvalue weighted by atomic mass is 32.1. The zero-order chi connectivity index (χ0) is 12.8. The predicted molar refractivity (Wildman–Crippen MR) is 73.9 cm³/mol. The van der Waals surface area contributed by atoms with Crippen LogP contribution in [0, 0.1) is 6.92 Å². The summed E-state index contributed by atoms with van der Waals surface area (Å²) in [5.74, 6) is -0.0199. The number of hydrogen-bond donors (Lipinski definition) is 2. The van der Waals surface area contributed by atoms with Crippen molar-refractivity contribution in [3.63, 3.8) is 0 Å². The minimum Gasteiger partial charge on any atom is -0.392 e. The third kappa shape index (κ3) is 4.53. The second-order valence-electron chi connectivity index (χ2n) is 4.12. The van der Waals surface area contributed by atoms with Gasteiger partial charge in [-0.3, -0.25) is 4.79 Å². The number of hydrogen-bond acceptors (Lipinski definition) is 2. The summed E-state index contributed by atoms with van der Waals surface area (Å²) >= 11 is 4.80. The smallest absolute Gasteiger partial charge is 0.220 e. The molecule has 0 fully saturated rings. The van der Waals surface area contributed by atoms with E-state index in [0.29, 0.717) is 11.4 Å². The summed E-state index contributed by atoms with van der Waals surface area (Å²) in [6.45, 7) is 3.83. The molecule has 0 radical (unpaired) electrons. The van der Waals surface area contributed by atoms with Crippen LogP contribution >= 0.6 is 12.2 Å². The van der Waals surface area contributed by atoms with Crippen LogP contribution in [0.15, 0.2) is 24.3 Å². The number of carbonyl (C=O) groups is 1. The lowest BCUT2D eigenvalue weighted by molar-refractivity contribution is -0.121. The van der Waals surface area contributed by atoms with E-state index in [4.69, 9.17) is 18.0 Å². The van der Waals surface area contributed by atoms with E-state index < -0.39 is 0 Å². The molecular weight excluding hydrogens is 232 g/mol. The number of carbonyl (C=O) groups excluding carboxylic acids is 1. The van der Waals surface area contributed by atoms with Gasteiger partial charge in [-0.1, -0.05) is 36.5 Å². The molecule has 4 heteroatoms. The standard InChI is InChI=1S/C13H18N2OS/c1-9-5-3-4-6-11(9)7-8-12(16)15-10(2)13(14)17/h3-6,10H,7-8H2,1-2H3,(H2,14,17)(H,15,16). The maximum Gasteiger partial charge on any atom is 0.220 e. The molecule has 3 nitrogen and oxygen atoms in total. The fourth-order valence-corrected chi connectivity index (χ4v) is 1.58. The maximum absolute atomic E-state index is 11.6. The van der Waals surface area contributed by atoms with Crippen molar-refractivity contribution in [1.82, 2.24) is 5.32 Å². The molecule has 0 aliphatic carbocycles. The van der Waals surface area contributed by atoms with Gasteiger partial charge in [-0.2, -0.15) is 0 Å². The quantitative estimate of drug-likeness (QED) is 0.782. The Morgan fingerprint density at radius 1 is 1.47 bits per heavy atom. The van der Waals surface area contributed by atoms with Gasteiger partial charge in [0, 0.05) is 6.42 Å². The molecule has 0 spiro atoms. The van der Waals surface area contributed by atoms with E-state index in [1.165, 1.54) is 11.1 Å². The van der Waals surface area contributed by atoms with Crippen LogP contribution in [0.5, 0.6) is 0 Å². The summed E-state index contributed by atoms with van der Waals surface area (Å²) in [5.41, 5.74) is 7.84. The largest absolute Gasteiger partial charge is 0.392 e. The summed E-state index contributed by atoms with van der Waals surface area (Å²) in [7, 11) is 0. The first-order valence-corrected chi connectivity index (χ1v) is 6.04. The normalized spacial score (nSPS) is 11.9. The summed E-state index contributed by atoms with van der Waals surface area (Å²) in [6, 6.07) is 7.82. The van der Waals surface area contributed by atoms with Crippen LogP contribution in [0.4, 0.5) is 0 Å². The molecule has 1 unspecified atom stereocenters. The molecule has 0 aliphatic heterocycles. The summed E-state index contributed by atoms with van der Waals surface area (Å²) in [5, 5.41) is 2.76. The number of aryl methyl sites for hydroxylation is 2. The van der Waals surface area contributed by atoms with Crippen LogP contribution in [-0.2, 0) is 11.2 Å². The van der Waals surface area contributed by atoms with Gasteiger partial charge in [0.2, 0.25) is 5.91 Å². The highest BCUT2D eigenvalue weighted by Crippen LogP contribution is 2.09. The van der Waals surface area contributed by atoms with Gasteiger partial charge in [0.15, 0.2) is 0 Å². The molecule has 1 aromatic carbocycles. The van der Waals surface area contributed by atoms with E-state index in [0.717, 1.165) is 6.42 Å². The monoisotopic (exact) mass is 250 g/mol. The lowest BCUT2D eigenvalue weighted by Crippen LogP contribution is -2.41. The average Bonchev–Trinajstić information content (AvgIpc) is 2.27. The average molecular weight is 250 g/mol. The van der Waals surface area contributed by atoms with Crippen LogP contribution in [-0.4, -0.2) is 16.9 Å². The van der Waals surface area contributed by atoms with Gasteiger partial charge >= 0.3 is 0 Å². The van der Waals surface area contributed by atoms with Crippen molar-refractivity contribution in [1.29, 1.82) is 0 Å². The third-order valence-corrected chi connectivity index (χ3v) is 3.04. The Balaban J connectivity index is 2.44. The van der Waals surface area contributed by atoms with Gasteiger partial charge in [-0.15, -0.1) is 0 Å². The molecule has 0 aromatic heterocycles. The van der Waals surface area contributed by atoms with Crippen LogP contribution in [0.1, 0.15) is 24.5 Å². The number of benzene rings is 1. The minimum absolute atomic E-state index is 0.0199. The fourth-order valence-electron chi connectivity index (χ4n) is 1.52. The zero-order valence-corrected chi connectivity index (χ0v) is 11.0. The molecule has 3 N–H and O–H groups in total. The molecule has 1 atom stereocenters. The maximum atomic E-state index is 11.6. The SMILES string of the molecule is Cc1ccccc1CCC(=O)NC(C)C(N)=S.